The predicted octanol–water partition coefficient (Wildman–Crippen LogP) is 0.817. The van der Waals surface area contributed by atoms with E-state index in [0.29, 0.717) is 0 Å². The molecule has 0 heteroatoms. The van der Waals surface area contributed by atoms with Gasteiger partial charge in [-0.3, -0.25) is 0 Å². The molecule has 0 aromatic heterocycles. The van der Waals surface area contributed by atoms with Crippen molar-refractivity contribution in [2.45, 2.75) is 0 Å². The summed E-state index contributed by atoms with van der Waals surface area (Å²) < 4.78 is 0. The second-order valence-corrected chi connectivity index (χ2v) is 2.00. The average molecular weight is 128 g/mol. The molecule has 0 aliphatic carbocycles. The molecule has 0 fully saturated rings. The topological polar surface area (TPSA) is 0 Å². The minimum Gasteiger partial charge on any atom is -0.0918 e. The van der Waals surface area contributed by atoms with Crippen LogP contribution in [0.1, 0.15) is 0 Å². The zero-order valence-electron chi connectivity index (χ0n) is 5.72. The van der Waals surface area contributed by atoms with Crippen LogP contribution in [0.2, 0.25) is 0 Å². The van der Waals surface area contributed by atoms with Crippen LogP contribution in [0.3, 0.4) is 0 Å². The highest BCUT2D eigenvalue weighted by Crippen LogP contribution is 1.65. The molecule has 0 aliphatic heterocycles. The predicted molar refractivity (Wildman–Crippen MR) is 43.8 cm³/mol. The van der Waals surface area contributed by atoms with Crippen molar-refractivity contribution >= 4 is 12.3 Å². The summed E-state index contributed by atoms with van der Waals surface area (Å²) >= 11 is 0. The molecule has 0 radical (unpaired) electrons. The normalized spacial score (nSPS) is 8.00. The fourth-order valence-corrected chi connectivity index (χ4v) is 0.690. The highest BCUT2D eigenvalue weighted by atomic mass is 13.8. The molecule has 0 aliphatic rings. The third-order valence-electron chi connectivity index (χ3n) is 1.19. The maximum atomic E-state index is 3.76. The van der Waals surface area contributed by atoms with E-state index in [1.54, 1.807) is 0 Å². The van der Waals surface area contributed by atoms with Crippen LogP contribution >= 0.6 is 0 Å². The summed E-state index contributed by atoms with van der Waals surface area (Å²) in [5, 5.41) is 2.00. The lowest BCUT2D eigenvalue weighted by molar-refractivity contribution is 1.57. The summed E-state index contributed by atoms with van der Waals surface area (Å²) in [6, 6.07) is 7.72. The van der Waals surface area contributed by atoms with Gasteiger partial charge in [-0.1, -0.05) is 30.2 Å². The van der Waals surface area contributed by atoms with Gasteiger partial charge in [0.1, 0.15) is 0 Å². The molecule has 48 valence electrons. The van der Waals surface area contributed by atoms with Gasteiger partial charge in [-0.05, 0) is 23.9 Å². The van der Waals surface area contributed by atoms with Crippen molar-refractivity contribution in [1.29, 1.82) is 0 Å². The van der Waals surface area contributed by atoms with E-state index in [9.17, 15) is 0 Å². The fraction of sp³-hybridized carbons (Fsp3) is 0. The molecule has 1 rings (SSSR count). The zero-order valence-corrected chi connectivity index (χ0v) is 5.72. The van der Waals surface area contributed by atoms with Crippen molar-refractivity contribution in [3.05, 3.63) is 47.0 Å². The molecule has 1 aromatic carbocycles. The fourth-order valence-electron chi connectivity index (χ4n) is 0.690. The summed E-state index contributed by atoms with van der Waals surface area (Å²) in [4.78, 5) is 0. The number of hydrogen-bond donors (Lipinski definition) is 0. The smallest absolute Gasteiger partial charge is 0.0249 e. The van der Waals surface area contributed by atoms with Crippen molar-refractivity contribution in [2.24, 2.45) is 0 Å². The van der Waals surface area contributed by atoms with Crippen LogP contribution in [0.4, 0.5) is 0 Å². The van der Waals surface area contributed by atoms with E-state index in [0.717, 1.165) is 10.4 Å². The maximum absolute atomic E-state index is 3.76. The SMILES string of the molecule is C=C=C=c1ccc(=C)cc1. The van der Waals surface area contributed by atoms with Crippen LogP contribution in [0.5, 0.6) is 0 Å². The summed E-state index contributed by atoms with van der Waals surface area (Å²) in [6.07, 6.45) is 0. The van der Waals surface area contributed by atoms with Crippen LogP contribution in [0.25, 0.3) is 12.3 Å². The Bertz CT molecular complexity index is 351. The lowest BCUT2D eigenvalue weighted by Gasteiger charge is -1.78. The molecule has 0 amide bonds. The van der Waals surface area contributed by atoms with E-state index in [2.05, 4.69) is 24.6 Å². The second-order valence-electron chi connectivity index (χ2n) is 2.00. The minimum atomic E-state index is 0.988. The second kappa shape index (κ2) is 2.89. The average Bonchev–Trinajstić information content (AvgIpc) is 1.95. The Hall–Kier alpha value is -1.48. The summed E-state index contributed by atoms with van der Waals surface area (Å²) in [7, 11) is 0. The number of rotatable bonds is 0. The van der Waals surface area contributed by atoms with Gasteiger partial charge in [-0.15, -0.1) is 0 Å². The Kier molecular flexibility index (Phi) is 1.92. The first-order valence-corrected chi connectivity index (χ1v) is 3.03. The molecule has 0 N–H and O–H groups in total. The van der Waals surface area contributed by atoms with Gasteiger partial charge in [-0.25, -0.2) is 0 Å². The monoisotopic (exact) mass is 128 g/mol. The van der Waals surface area contributed by atoms with Gasteiger partial charge in [0.2, 0.25) is 0 Å². The number of benzene rings is 1. The number of hydrogen-bond acceptors (Lipinski definition) is 0. The van der Waals surface area contributed by atoms with Gasteiger partial charge in [0.25, 0.3) is 0 Å². The summed E-state index contributed by atoms with van der Waals surface area (Å²) in [5.74, 6) is 0. The Morgan fingerprint density at radius 1 is 1.10 bits per heavy atom. The van der Waals surface area contributed by atoms with Crippen molar-refractivity contribution < 1.29 is 0 Å². The molecule has 10 heavy (non-hydrogen) atoms. The lowest BCUT2D eigenvalue weighted by atomic mass is 10.3. The standard InChI is InChI=1S/C10H8/c1-3-4-10-7-5-9(2)6-8-10/h5-8H,1-2H2. The summed E-state index contributed by atoms with van der Waals surface area (Å²) in [5.41, 5.74) is 5.43. The lowest BCUT2D eigenvalue weighted by Crippen LogP contribution is -2.02. The Morgan fingerprint density at radius 2 is 1.70 bits per heavy atom. The molecule has 0 saturated heterocycles. The Morgan fingerprint density at radius 3 is 2.20 bits per heavy atom. The largest absolute Gasteiger partial charge is 0.0918 e. The van der Waals surface area contributed by atoms with Gasteiger partial charge in [0.05, 0.1) is 0 Å². The Labute approximate surface area is 60.1 Å². The summed E-state index contributed by atoms with van der Waals surface area (Å²) in [6.45, 7) is 7.18. The molecule has 0 nitrogen and oxygen atoms in total. The van der Waals surface area contributed by atoms with E-state index >= 15 is 0 Å². The van der Waals surface area contributed by atoms with Crippen LogP contribution in [-0.4, -0.2) is 0 Å². The van der Waals surface area contributed by atoms with Gasteiger partial charge < -0.3 is 0 Å². The maximum Gasteiger partial charge on any atom is 0.0249 e. The molecule has 0 atom stereocenters. The first-order chi connectivity index (χ1) is 4.83. The highest BCUT2D eigenvalue weighted by molar-refractivity contribution is 5.21. The van der Waals surface area contributed by atoms with Crippen molar-refractivity contribution in [3.8, 4) is 0 Å². The molecular formula is C10H8. The molecule has 0 heterocycles. The van der Waals surface area contributed by atoms with E-state index in [-0.39, 0.29) is 0 Å². The van der Waals surface area contributed by atoms with Crippen molar-refractivity contribution in [2.75, 3.05) is 0 Å². The van der Waals surface area contributed by atoms with Crippen molar-refractivity contribution in [3.63, 3.8) is 0 Å². The van der Waals surface area contributed by atoms with E-state index < -0.39 is 0 Å². The molecule has 0 spiro atoms. The molecule has 0 saturated carbocycles. The van der Waals surface area contributed by atoms with Gasteiger partial charge >= 0.3 is 0 Å². The molecular weight excluding hydrogens is 120 g/mol. The van der Waals surface area contributed by atoms with Crippen LogP contribution in [-0.2, 0) is 0 Å². The van der Waals surface area contributed by atoms with Crippen molar-refractivity contribution in [1.82, 2.24) is 0 Å². The van der Waals surface area contributed by atoms with Crippen LogP contribution in [0.15, 0.2) is 36.6 Å². The first kappa shape index (κ1) is 6.64. The zero-order chi connectivity index (χ0) is 7.40. The van der Waals surface area contributed by atoms with E-state index in [4.69, 9.17) is 0 Å². The molecule has 0 bridgehead atoms. The van der Waals surface area contributed by atoms with Crippen LogP contribution < -0.4 is 10.4 Å². The van der Waals surface area contributed by atoms with Gasteiger partial charge in [0.15, 0.2) is 0 Å². The molecule has 1 aromatic rings. The van der Waals surface area contributed by atoms with E-state index in [1.165, 1.54) is 0 Å². The quantitative estimate of drug-likeness (QED) is 0.454. The Balaban J connectivity index is 3.54. The third-order valence-corrected chi connectivity index (χ3v) is 1.19. The van der Waals surface area contributed by atoms with Crippen LogP contribution in [0, 0.1) is 0 Å². The van der Waals surface area contributed by atoms with E-state index in [1.807, 2.05) is 24.3 Å². The minimum absolute atomic E-state index is 0.988. The van der Waals surface area contributed by atoms with Gasteiger partial charge in [-0.2, -0.15) is 0 Å². The molecule has 0 unspecified atom stereocenters. The highest BCUT2D eigenvalue weighted by Gasteiger charge is 1.72. The van der Waals surface area contributed by atoms with Gasteiger partial charge in [0, 0.05) is 5.22 Å². The first-order valence-electron chi connectivity index (χ1n) is 3.03. The third kappa shape index (κ3) is 1.50.